The van der Waals surface area contributed by atoms with Gasteiger partial charge in [-0.15, -0.1) is 0 Å². The smallest absolute Gasteiger partial charge is 0.161 e. The highest BCUT2D eigenvalue weighted by atomic mass is 32.2. The molecule has 31 heavy (non-hydrogen) atoms. The molecule has 1 N–H and O–H groups in total. The molecule has 0 bridgehead atoms. The summed E-state index contributed by atoms with van der Waals surface area (Å²) in [5, 5.41) is 3.35. The number of sulfone groups is 1. The van der Waals surface area contributed by atoms with E-state index in [0.29, 0.717) is 31.3 Å². The standard InChI is InChI=1S/C23H26N4O3S/c1-17-15-30-13-12-27(17)22-14-21(16-31(2,28)29)25-23(26-22)18-8-10-20(11-9-18)24-19-6-4-3-5-7-19/h3-11,14,17,24H,12-13,15-16H2,1-2H3/t17-/m0/s1. The first kappa shape index (κ1) is 21.3. The van der Waals surface area contributed by atoms with Crippen LogP contribution in [0.3, 0.4) is 0 Å². The van der Waals surface area contributed by atoms with Crippen molar-refractivity contribution in [3.8, 4) is 11.4 Å². The molecule has 0 radical (unpaired) electrons. The number of anilines is 3. The van der Waals surface area contributed by atoms with E-state index in [4.69, 9.17) is 9.72 Å². The number of nitrogens with zero attached hydrogens (tertiary/aromatic N) is 3. The quantitative estimate of drug-likeness (QED) is 0.629. The fraction of sp³-hybridized carbons (Fsp3) is 0.304. The lowest BCUT2D eigenvalue weighted by Gasteiger charge is -2.34. The predicted octanol–water partition coefficient (Wildman–Crippen LogP) is 3.66. The lowest BCUT2D eigenvalue weighted by atomic mass is 10.1. The predicted molar refractivity (Wildman–Crippen MR) is 123 cm³/mol. The third-order valence-corrected chi connectivity index (χ3v) is 5.86. The monoisotopic (exact) mass is 438 g/mol. The lowest BCUT2D eigenvalue weighted by Crippen LogP contribution is -2.44. The van der Waals surface area contributed by atoms with Crippen LogP contribution in [-0.2, 0) is 20.3 Å². The van der Waals surface area contributed by atoms with Crippen molar-refractivity contribution >= 4 is 27.0 Å². The maximum absolute atomic E-state index is 11.9. The summed E-state index contributed by atoms with van der Waals surface area (Å²) in [5.74, 6) is 1.12. The molecule has 8 heteroatoms. The summed E-state index contributed by atoms with van der Waals surface area (Å²) in [5.41, 5.74) is 3.28. The van der Waals surface area contributed by atoms with Crippen LogP contribution >= 0.6 is 0 Å². The van der Waals surface area contributed by atoms with E-state index >= 15 is 0 Å². The molecule has 2 heterocycles. The highest BCUT2D eigenvalue weighted by molar-refractivity contribution is 7.89. The van der Waals surface area contributed by atoms with Gasteiger partial charge < -0.3 is 15.0 Å². The molecule has 3 aromatic rings. The van der Waals surface area contributed by atoms with E-state index in [1.165, 1.54) is 6.26 Å². The minimum absolute atomic E-state index is 0.123. The third-order valence-electron chi connectivity index (χ3n) is 5.04. The summed E-state index contributed by atoms with van der Waals surface area (Å²) in [6, 6.07) is 19.7. The van der Waals surface area contributed by atoms with Crippen LogP contribution in [0.5, 0.6) is 0 Å². The van der Waals surface area contributed by atoms with Gasteiger partial charge in [0.15, 0.2) is 15.7 Å². The Morgan fingerprint density at radius 2 is 1.77 bits per heavy atom. The molecule has 1 fully saturated rings. The topological polar surface area (TPSA) is 84.4 Å². The van der Waals surface area contributed by atoms with Gasteiger partial charge in [0.05, 0.1) is 30.7 Å². The summed E-state index contributed by atoms with van der Waals surface area (Å²) in [4.78, 5) is 11.5. The van der Waals surface area contributed by atoms with Crippen LogP contribution in [-0.4, -0.2) is 50.4 Å². The normalized spacial score (nSPS) is 16.8. The van der Waals surface area contributed by atoms with E-state index in [-0.39, 0.29) is 11.8 Å². The Hall–Kier alpha value is -2.97. The van der Waals surface area contributed by atoms with Crippen molar-refractivity contribution in [3.63, 3.8) is 0 Å². The van der Waals surface area contributed by atoms with Crippen LogP contribution in [0.15, 0.2) is 60.7 Å². The summed E-state index contributed by atoms with van der Waals surface area (Å²) >= 11 is 0. The molecule has 1 saturated heterocycles. The summed E-state index contributed by atoms with van der Waals surface area (Å²) in [6.07, 6.45) is 1.22. The van der Waals surface area contributed by atoms with Crippen molar-refractivity contribution in [2.45, 2.75) is 18.7 Å². The molecule has 0 amide bonds. The van der Waals surface area contributed by atoms with E-state index in [0.717, 1.165) is 22.8 Å². The minimum Gasteiger partial charge on any atom is -0.377 e. The van der Waals surface area contributed by atoms with E-state index in [1.807, 2.05) is 54.6 Å². The number of benzene rings is 2. The molecule has 1 aliphatic rings. The van der Waals surface area contributed by atoms with Crippen molar-refractivity contribution in [2.24, 2.45) is 0 Å². The molecular formula is C23H26N4O3S. The number of nitrogens with one attached hydrogen (secondary N) is 1. The maximum atomic E-state index is 11.9. The van der Waals surface area contributed by atoms with Gasteiger partial charge in [0, 0.05) is 35.8 Å². The average molecular weight is 439 g/mol. The Morgan fingerprint density at radius 1 is 1.06 bits per heavy atom. The van der Waals surface area contributed by atoms with Gasteiger partial charge in [-0.25, -0.2) is 18.4 Å². The van der Waals surface area contributed by atoms with Crippen molar-refractivity contribution < 1.29 is 13.2 Å². The van der Waals surface area contributed by atoms with Gasteiger partial charge in [0.25, 0.3) is 0 Å². The summed E-state index contributed by atoms with van der Waals surface area (Å²) in [7, 11) is -3.22. The molecule has 1 atom stereocenters. The molecule has 7 nitrogen and oxygen atoms in total. The van der Waals surface area contributed by atoms with Gasteiger partial charge in [-0.3, -0.25) is 0 Å². The van der Waals surface area contributed by atoms with E-state index in [2.05, 4.69) is 22.1 Å². The molecule has 0 spiro atoms. The molecule has 4 rings (SSSR count). The molecular weight excluding hydrogens is 412 g/mol. The zero-order chi connectivity index (χ0) is 21.8. The molecule has 1 aromatic heterocycles. The largest absolute Gasteiger partial charge is 0.377 e. The van der Waals surface area contributed by atoms with Crippen molar-refractivity contribution in [3.05, 3.63) is 66.4 Å². The number of hydrogen-bond donors (Lipinski definition) is 1. The number of hydrogen-bond acceptors (Lipinski definition) is 7. The van der Waals surface area contributed by atoms with Crippen LogP contribution in [0.25, 0.3) is 11.4 Å². The zero-order valence-corrected chi connectivity index (χ0v) is 18.5. The van der Waals surface area contributed by atoms with Crippen LogP contribution in [0, 0.1) is 0 Å². The highest BCUT2D eigenvalue weighted by Crippen LogP contribution is 2.25. The highest BCUT2D eigenvalue weighted by Gasteiger charge is 2.22. The van der Waals surface area contributed by atoms with Crippen LogP contribution in [0.1, 0.15) is 12.6 Å². The number of rotatable bonds is 6. The van der Waals surface area contributed by atoms with Gasteiger partial charge in [0.2, 0.25) is 0 Å². The average Bonchev–Trinajstić information content (AvgIpc) is 2.74. The molecule has 0 unspecified atom stereocenters. The Bertz CT molecular complexity index is 1140. The van der Waals surface area contributed by atoms with Crippen molar-refractivity contribution in [1.82, 2.24) is 9.97 Å². The SMILES string of the molecule is C[C@H]1COCCN1c1cc(CS(C)(=O)=O)nc(-c2ccc(Nc3ccccc3)cc2)n1. The second kappa shape index (κ2) is 9.03. The fourth-order valence-corrected chi connectivity index (χ4v) is 4.25. The van der Waals surface area contributed by atoms with Gasteiger partial charge >= 0.3 is 0 Å². The third kappa shape index (κ3) is 5.59. The molecule has 0 aliphatic carbocycles. The Balaban J connectivity index is 1.66. The Kier molecular flexibility index (Phi) is 6.20. The molecule has 2 aromatic carbocycles. The first-order valence-corrected chi connectivity index (χ1v) is 12.3. The van der Waals surface area contributed by atoms with E-state index in [1.54, 1.807) is 6.07 Å². The van der Waals surface area contributed by atoms with Gasteiger partial charge in [0.1, 0.15) is 5.82 Å². The number of morpholine rings is 1. The summed E-state index contributed by atoms with van der Waals surface area (Å²) in [6.45, 7) is 4.00. The minimum atomic E-state index is -3.22. The second-order valence-corrected chi connectivity index (χ2v) is 9.94. The molecule has 1 aliphatic heterocycles. The van der Waals surface area contributed by atoms with Crippen molar-refractivity contribution in [2.75, 3.05) is 36.2 Å². The van der Waals surface area contributed by atoms with Crippen LogP contribution < -0.4 is 10.2 Å². The number of ether oxygens (including phenoxy) is 1. The van der Waals surface area contributed by atoms with Gasteiger partial charge in [-0.05, 0) is 43.3 Å². The number of aromatic nitrogens is 2. The molecule has 0 saturated carbocycles. The van der Waals surface area contributed by atoms with Crippen LogP contribution in [0.2, 0.25) is 0 Å². The number of para-hydroxylation sites is 1. The first-order chi connectivity index (χ1) is 14.9. The van der Waals surface area contributed by atoms with Gasteiger partial charge in [-0.2, -0.15) is 0 Å². The first-order valence-electron chi connectivity index (χ1n) is 10.2. The Labute approximate surface area is 183 Å². The maximum Gasteiger partial charge on any atom is 0.161 e. The lowest BCUT2D eigenvalue weighted by molar-refractivity contribution is 0.0985. The zero-order valence-electron chi connectivity index (χ0n) is 17.7. The molecule has 162 valence electrons. The van der Waals surface area contributed by atoms with Gasteiger partial charge in [-0.1, -0.05) is 18.2 Å². The van der Waals surface area contributed by atoms with Crippen molar-refractivity contribution in [1.29, 1.82) is 0 Å². The van der Waals surface area contributed by atoms with E-state index in [9.17, 15) is 8.42 Å². The van der Waals surface area contributed by atoms with E-state index < -0.39 is 9.84 Å². The fourth-order valence-electron chi connectivity index (χ4n) is 3.56. The second-order valence-electron chi connectivity index (χ2n) is 7.80. The van der Waals surface area contributed by atoms with Crippen LogP contribution in [0.4, 0.5) is 17.2 Å². The summed E-state index contributed by atoms with van der Waals surface area (Å²) < 4.78 is 29.4. The Morgan fingerprint density at radius 3 is 2.45 bits per heavy atom.